The van der Waals surface area contributed by atoms with E-state index in [1.165, 1.54) is 0 Å². The molecular formula is C22H29N3O3S. The third-order valence-electron chi connectivity index (χ3n) is 6.03. The Hall–Kier alpha value is -1.99. The Bertz CT molecular complexity index is 909. The van der Waals surface area contributed by atoms with Gasteiger partial charge in [-0.2, -0.15) is 11.8 Å². The lowest BCUT2D eigenvalue weighted by molar-refractivity contribution is -0.133. The fourth-order valence-electron chi connectivity index (χ4n) is 4.70. The minimum Gasteiger partial charge on any atom is -0.472 e. The number of rotatable bonds is 7. The highest BCUT2D eigenvalue weighted by atomic mass is 32.2. The highest BCUT2D eigenvalue weighted by Crippen LogP contribution is 2.35. The monoisotopic (exact) mass is 415 g/mol. The zero-order chi connectivity index (χ0) is 20.4. The molecule has 4 heterocycles. The van der Waals surface area contributed by atoms with Gasteiger partial charge in [0.25, 0.3) is 5.56 Å². The molecule has 0 radical (unpaired) electrons. The van der Waals surface area contributed by atoms with Crippen molar-refractivity contribution >= 4 is 17.7 Å². The molecule has 2 aromatic rings. The van der Waals surface area contributed by atoms with Crippen molar-refractivity contribution < 1.29 is 9.21 Å². The first-order valence-corrected chi connectivity index (χ1v) is 11.6. The number of hydrogen-bond donors (Lipinski definition) is 0. The summed E-state index contributed by atoms with van der Waals surface area (Å²) in [5.41, 5.74) is 3.15. The Morgan fingerprint density at radius 2 is 2.10 bits per heavy atom. The van der Waals surface area contributed by atoms with E-state index in [2.05, 4.69) is 11.0 Å². The second-order valence-electron chi connectivity index (χ2n) is 8.34. The van der Waals surface area contributed by atoms with Crippen molar-refractivity contribution in [3.8, 4) is 0 Å². The predicted molar refractivity (Wildman–Crippen MR) is 115 cm³/mol. The Balaban J connectivity index is 1.48. The molecule has 29 heavy (non-hydrogen) atoms. The Kier molecular flexibility index (Phi) is 6.15. The summed E-state index contributed by atoms with van der Waals surface area (Å²) in [7, 11) is 2.02. The molecule has 7 heteroatoms. The summed E-state index contributed by atoms with van der Waals surface area (Å²) in [6.07, 6.45) is 7.13. The number of nitrogens with zero attached hydrogens (tertiary/aromatic N) is 3. The number of pyridine rings is 1. The molecule has 156 valence electrons. The highest BCUT2D eigenvalue weighted by molar-refractivity contribution is 7.98. The molecule has 2 aliphatic rings. The standard InChI is InChI=1S/C22H29N3O3S/c1-23(10-16-5-7-28-15-16)13-18-3-4-20-19-9-17(12-25(20)22(18)27)11-24(14-19)21(26)6-8-29-2/h3-5,7,15,17,19H,6,8-14H2,1-2H3/t17-,19+/m0/s1. The Labute approximate surface area is 175 Å². The van der Waals surface area contributed by atoms with Crippen molar-refractivity contribution in [1.82, 2.24) is 14.4 Å². The van der Waals surface area contributed by atoms with Crippen LogP contribution >= 0.6 is 11.8 Å². The van der Waals surface area contributed by atoms with Crippen molar-refractivity contribution in [1.29, 1.82) is 0 Å². The maximum atomic E-state index is 13.2. The molecule has 2 aliphatic heterocycles. The predicted octanol–water partition coefficient (Wildman–Crippen LogP) is 2.77. The van der Waals surface area contributed by atoms with Crippen molar-refractivity contribution in [2.24, 2.45) is 5.92 Å². The summed E-state index contributed by atoms with van der Waals surface area (Å²) < 4.78 is 7.11. The van der Waals surface area contributed by atoms with Crippen LogP contribution in [0, 0.1) is 5.92 Å². The van der Waals surface area contributed by atoms with Crippen molar-refractivity contribution in [3.63, 3.8) is 0 Å². The zero-order valence-corrected chi connectivity index (χ0v) is 18.0. The lowest BCUT2D eigenvalue weighted by atomic mass is 9.83. The van der Waals surface area contributed by atoms with Crippen LogP contribution in [0.4, 0.5) is 0 Å². The molecule has 0 spiro atoms. The maximum Gasteiger partial charge on any atom is 0.255 e. The van der Waals surface area contributed by atoms with E-state index in [4.69, 9.17) is 4.42 Å². The van der Waals surface area contributed by atoms with E-state index < -0.39 is 0 Å². The van der Waals surface area contributed by atoms with E-state index in [9.17, 15) is 9.59 Å². The first kappa shape index (κ1) is 20.3. The molecule has 1 saturated heterocycles. The molecule has 6 nitrogen and oxygen atoms in total. The van der Waals surface area contributed by atoms with Crippen LogP contribution in [0.1, 0.15) is 35.6 Å². The smallest absolute Gasteiger partial charge is 0.255 e. The Morgan fingerprint density at radius 3 is 2.86 bits per heavy atom. The van der Waals surface area contributed by atoms with Crippen LogP contribution < -0.4 is 5.56 Å². The Morgan fingerprint density at radius 1 is 1.24 bits per heavy atom. The number of carbonyl (C=O) groups excluding carboxylic acids is 1. The number of fused-ring (bicyclic) bond motifs is 4. The molecule has 1 fully saturated rings. The summed E-state index contributed by atoms with van der Waals surface area (Å²) in [6.45, 7) is 3.59. The molecule has 2 bridgehead atoms. The molecule has 4 rings (SSSR count). The van der Waals surface area contributed by atoms with Gasteiger partial charge in [-0.25, -0.2) is 0 Å². The number of aromatic nitrogens is 1. The average molecular weight is 416 g/mol. The summed E-state index contributed by atoms with van der Waals surface area (Å²) in [5, 5.41) is 0. The molecule has 0 aromatic carbocycles. The number of thioether (sulfide) groups is 1. The second-order valence-corrected chi connectivity index (χ2v) is 9.33. The van der Waals surface area contributed by atoms with Gasteiger partial charge in [0.2, 0.25) is 5.91 Å². The van der Waals surface area contributed by atoms with E-state index in [-0.39, 0.29) is 17.4 Å². The second kappa shape index (κ2) is 8.79. The van der Waals surface area contributed by atoms with Gasteiger partial charge in [0, 0.05) is 67.6 Å². The number of piperidine rings is 1. The summed E-state index contributed by atoms with van der Waals surface area (Å²) in [6, 6.07) is 6.04. The van der Waals surface area contributed by atoms with Crippen LogP contribution in [0.15, 0.2) is 39.9 Å². The third-order valence-corrected chi connectivity index (χ3v) is 6.64. The molecule has 0 unspecified atom stereocenters. The molecule has 0 N–H and O–H groups in total. The van der Waals surface area contributed by atoms with Gasteiger partial charge in [-0.1, -0.05) is 6.07 Å². The van der Waals surface area contributed by atoms with Crippen LogP contribution in [-0.4, -0.2) is 52.4 Å². The molecule has 1 amide bonds. The normalized spacial score (nSPS) is 20.7. The summed E-state index contributed by atoms with van der Waals surface area (Å²) >= 11 is 1.71. The molecule has 0 saturated carbocycles. The number of likely N-dealkylation sites (tertiary alicyclic amines) is 1. The van der Waals surface area contributed by atoms with Gasteiger partial charge in [-0.3, -0.25) is 14.5 Å². The number of amides is 1. The molecule has 0 aliphatic carbocycles. The molecular weight excluding hydrogens is 386 g/mol. The minimum absolute atomic E-state index is 0.124. The SMILES string of the molecule is CSCCC(=O)N1C[C@@H]2C[C@H](C1)c1ccc(CN(C)Cc3ccoc3)c(=O)n1C2. The van der Waals surface area contributed by atoms with Gasteiger partial charge >= 0.3 is 0 Å². The van der Waals surface area contributed by atoms with Gasteiger partial charge < -0.3 is 13.9 Å². The van der Waals surface area contributed by atoms with E-state index in [1.54, 1.807) is 24.3 Å². The lowest BCUT2D eigenvalue weighted by Gasteiger charge is -2.43. The van der Waals surface area contributed by atoms with Gasteiger partial charge in [-0.05, 0) is 37.8 Å². The van der Waals surface area contributed by atoms with Gasteiger partial charge in [0.15, 0.2) is 0 Å². The molecule has 2 atom stereocenters. The summed E-state index contributed by atoms with van der Waals surface area (Å²) in [4.78, 5) is 29.8. The van der Waals surface area contributed by atoms with E-state index >= 15 is 0 Å². The van der Waals surface area contributed by atoms with Crippen molar-refractivity contribution in [3.05, 3.63) is 57.9 Å². The molecule has 2 aromatic heterocycles. The first-order chi connectivity index (χ1) is 14.0. The fraction of sp³-hybridized carbons (Fsp3) is 0.545. The van der Waals surface area contributed by atoms with Gasteiger partial charge in [-0.15, -0.1) is 0 Å². The largest absolute Gasteiger partial charge is 0.472 e. The summed E-state index contributed by atoms with van der Waals surface area (Å²) in [5.74, 6) is 1.76. The highest BCUT2D eigenvalue weighted by Gasteiger charge is 2.36. The van der Waals surface area contributed by atoms with Crippen LogP contribution in [0.5, 0.6) is 0 Å². The third kappa shape index (κ3) is 4.46. The van der Waals surface area contributed by atoms with Crippen molar-refractivity contribution in [2.45, 2.75) is 38.4 Å². The van der Waals surface area contributed by atoms with E-state index in [0.717, 1.165) is 55.2 Å². The van der Waals surface area contributed by atoms with E-state index in [1.807, 2.05) is 34.9 Å². The topological polar surface area (TPSA) is 58.7 Å². The van der Waals surface area contributed by atoms with E-state index in [0.29, 0.717) is 18.9 Å². The van der Waals surface area contributed by atoms with Crippen molar-refractivity contribution in [2.75, 3.05) is 32.1 Å². The van der Waals surface area contributed by atoms with Crippen LogP contribution in [-0.2, 0) is 24.4 Å². The number of hydrogen-bond acceptors (Lipinski definition) is 5. The average Bonchev–Trinajstić information content (AvgIpc) is 3.21. The van der Waals surface area contributed by atoms with Crippen LogP contribution in [0.3, 0.4) is 0 Å². The quantitative estimate of drug-likeness (QED) is 0.696. The number of furan rings is 1. The lowest BCUT2D eigenvalue weighted by Crippen LogP contribution is -2.49. The number of carbonyl (C=O) groups is 1. The van der Waals surface area contributed by atoms with Gasteiger partial charge in [0.05, 0.1) is 12.5 Å². The van der Waals surface area contributed by atoms with Crippen LogP contribution in [0.25, 0.3) is 0 Å². The van der Waals surface area contributed by atoms with Crippen LogP contribution in [0.2, 0.25) is 0 Å². The zero-order valence-electron chi connectivity index (χ0n) is 17.2. The first-order valence-electron chi connectivity index (χ1n) is 10.2. The minimum atomic E-state index is 0.124. The fourth-order valence-corrected chi connectivity index (χ4v) is 5.08. The maximum absolute atomic E-state index is 13.2. The van der Waals surface area contributed by atoms with Gasteiger partial charge in [0.1, 0.15) is 0 Å².